The highest BCUT2D eigenvalue weighted by molar-refractivity contribution is 5.55. The Hall–Kier alpha value is -1.44. The molecule has 2 nitrogen and oxygen atoms in total. The first kappa shape index (κ1) is 13.6. The average Bonchev–Trinajstić information content (AvgIpc) is 2.38. The van der Waals surface area contributed by atoms with Crippen LogP contribution in [0.5, 0.6) is 11.5 Å². The van der Waals surface area contributed by atoms with E-state index in [1.165, 1.54) is 19.3 Å². The van der Waals surface area contributed by atoms with Gasteiger partial charge in [0.25, 0.3) is 0 Å². The van der Waals surface area contributed by atoms with Crippen LogP contribution in [-0.2, 0) is 0 Å². The molecule has 0 heterocycles. The first-order valence-electron chi connectivity index (χ1n) is 6.19. The lowest BCUT2D eigenvalue weighted by atomic mass is 10.1. The van der Waals surface area contributed by atoms with Crippen LogP contribution in [0.15, 0.2) is 24.3 Å². The van der Waals surface area contributed by atoms with Crippen molar-refractivity contribution in [1.29, 1.82) is 0 Å². The second kappa shape index (κ2) is 7.77. The van der Waals surface area contributed by atoms with Gasteiger partial charge in [-0.1, -0.05) is 31.9 Å². The second-order valence-corrected chi connectivity index (χ2v) is 4.04. The molecule has 0 bridgehead atoms. The maximum Gasteiger partial charge on any atom is 0.123 e. The fraction of sp³-hybridized carbons (Fsp3) is 0.467. The van der Waals surface area contributed by atoms with Crippen LogP contribution < -0.4 is 9.47 Å². The zero-order valence-electron chi connectivity index (χ0n) is 11.0. The summed E-state index contributed by atoms with van der Waals surface area (Å²) >= 11 is 0. The van der Waals surface area contributed by atoms with Crippen LogP contribution in [0.2, 0.25) is 0 Å². The molecule has 1 aromatic carbocycles. The van der Waals surface area contributed by atoms with E-state index in [1.807, 2.05) is 18.2 Å². The highest BCUT2D eigenvalue weighted by Gasteiger charge is 1.98. The lowest BCUT2D eigenvalue weighted by Gasteiger charge is -2.05. The van der Waals surface area contributed by atoms with Gasteiger partial charge in [0.05, 0.1) is 14.2 Å². The summed E-state index contributed by atoms with van der Waals surface area (Å²) in [6.07, 6.45) is 9.29. The molecule has 0 spiro atoms. The third kappa shape index (κ3) is 4.94. The van der Waals surface area contributed by atoms with Crippen molar-refractivity contribution in [1.82, 2.24) is 0 Å². The Morgan fingerprint density at radius 3 is 2.18 bits per heavy atom. The minimum absolute atomic E-state index is 0.831. The van der Waals surface area contributed by atoms with Crippen LogP contribution in [-0.4, -0.2) is 14.2 Å². The molecule has 0 unspecified atom stereocenters. The summed E-state index contributed by atoms with van der Waals surface area (Å²) in [6, 6.07) is 5.91. The van der Waals surface area contributed by atoms with E-state index in [4.69, 9.17) is 9.47 Å². The Labute approximate surface area is 104 Å². The number of ether oxygens (including phenoxy) is 2. The zero-order valence-corrected chi connectivity index (χ0v) is 11.0. The van der Waals surface area contributed by atoms with E-state index < -0.39 is 0 Å². The highest BCUT2D eigenvalue weighted by Crippen LogP contribution is 2.23. The summed E-state index contributed by atoms with van der Waals surface area (Å²) < 4.78 is 10.5. The number of hydrogen-bond donors (Lipinski definition) is 0. The van der Waals surface area contributed by atoms with Crippen LogP contribution in [0.3, 0.4) is 0 Å². The summed E-state index contributed by atoms with van der Waals surface area (Å²) in [5, 5.41) is 0. The molecule has 0 aliphatic carbocycles. The smallest absolute Gasteiger partial charge is 0.123 e. The van der Waals surface area contributed by atoms with Crippen LogP contribution in [0.1, 0.15) is 38.2 Å². The number of allylic oxidation sites excluding steroid dienone is 1. The van der Waals surface area contributed by atoms with E-state index in [9.17, 15) is 0 Å². The molecule has 0 radical (unpaired) electrons. The number of hydrogen-bond acceptors (Lipinski definition) is 2. The van der Waals surface area contributed by atoms with Gasteiger partial charge in [0.2, 0.25) is 0 Å². The molecule has 94 valence electrons. The molecule has 0 amide bonds. The average molecular weight is 234 g/mol. The summed E-state index contributed by atoms with van der Waals surface area (Å²) in [6.45, 7) is 2.22. The van der Waals surface area contributed by atoms with Gasteiger partial charge in [0.15, 0.2) is 0 Å². The number of methoxy groups -OCH3 is 2. The van der Waals surface area contributed by atoms with Gasteiger partial charge in [-0.3, -0.25) is 0 Å². The van der Waals surface area contributed by atoms with Crippen LogP contribution >= 0.6 is 0 Å². The SMILES string of the molecule is CCCCC/C=C/c1cc(OC)cc(OC)c1. The molecule has 17 heavy (non-hydrogen) atoms. The summed E-state index contributed by atoms with van der Waals surface area (Å²) in [5.41, 5.74) is 1.12. The molecule has 0 N–H and O–H groups in total. The van der Waals surface area contributed by atoms with Gasteiger partial charge in [0.1, 0.15) is 11.5 Å². The third-order valence-corrected chi connectivity index (χ3v) is 2.66. The first-order chi connectivity index (χ1) is 8.30. The molecule has 0 aromatic heterocycles. The van der Waals surface area contributed by atoms with E-state index in [0.29, 0.717) is 0 Å². The van der Waals surface area contributed by atoms with Crippen molar-refractivity contribution in [3.63, 3.8) is 0 Å². The quantitative estimate of drug-likeness (QED) is 0.655. The van der Waals surface area contributed by atoms with E-state index in [-0.39, 0.29) is 0 Å². The van der Waals surface area contributed by atoms with Gasteiger partial charge < -0.3 is 9.47 Å². The Bertz CT molecular complexity index is 334. The van der Waals surface area contributed by atoms with Crippen molar-refractivity contribution in [3.8, 4) is 11.5 Å². The maximum atomic E-state index is 5.23. The van der Waals surface area contributed by atoms with E-state index in [1.54, 1.807) is 14.2 Å². The molecule has 1 aromatic rings. The number of rotatable bonds is 7. The number of unbranched alkanes of at least 4 members (excludes halogenated alkanes) is 3. The van der Waals surface area contributed by atoms with Crippen LogP contribution in [0, 0.1) is 0 Å². The van der Waals surface area contributed by atoms with E-state index >= 15 is 0 Å². The Morgan fingerprint density at radius 1 is 1.00 bits per heavy atom. The fourth-order valence-corrected chi connectivity index (χ4v) is 1.66. The predicted octanol–water partition coefficient (Wildman–Crippen LogP) is 4.30. The van der Waals surface area contributed by atoms with Crippen molar-refractivity contribution in [2.45, 2.75) is 32.6 Å². The van der Waals surface area contributed by atoms with Crippen molar-refractivity contribution in [3.05, 3.63) is 29.8 Å². The van der Waals surface area contributed by atoms with E-state index in [0.717, 1.165) is 23.5 Å². The van der Waals surface area contributed by atoms with Gasteiger partial charge in [-0.2, -0.15) is 0 Å². The minimum atomic E-state index is 0.831. The number of benzene rings is 1. The normalized spacial score (nSPS) is 10.8. The van der Waals surface area contributed by atoms with Gasteiger partial charge in [-0.15, -0.1) is 0 Å². The topological polar surface area (TPSA) is 18.5 Å². The van der Waals surface area contributed by atoms with Crippen LogP contribution in [0.4, 0.5) is 0 Å². The van der Waals surface area contributed by atoms with Crippen molar-refractivity contribution in [2.75, 3.05) is 14.2 Å². The second-order valence-electron chi connectivity index (χ2n) is 4.04. The first-order valence-corrected chi connectivity index (χ1v) is 6.19. The van der Waals surface area contributed by atoms with Crippen molar-refractivity contribution in [2.24, 2.45) is 0 Å². The van der Waals surface area contributed by atoms with Crippen molar-refractivity contribution >= 4 is 6.08 Å². The van der Waals surface area contributed by atoms with Gasteiger partial charge in [-0.05, 0) is 30.5 Å². The van der Waals surface area contributed by atoms with Gasteiger partial charge >= 0.3 is 0 Å². The molecular weight excluding hydrogens is 212 g/mol. The highest BCUT2D eigenvalue weighted by atomic mass is 16.5. The molecule has 1 rings (SSSR count). The molecule has 0 fully saturated rings. The van der Waals surface area contributed by atoms with Crippen LogP contribution in [0.25, 0.3) is 6.08 Å². The molecule has 0 saturated carbocycles. The van der Waals surface area contributed by atoms with Crippen molar-refractivity contribution < 1.29 is 9.47 Å². The lowest BCUT2D eigenvalue weighted by Crippen LogP contribution is -1.88. The van der Waals surface area contributed by atoms with Gasteiger partial charge in [-0.25, -0.2) is 0 Å². The molecular formula is C15H22O2. The predicted molar refractivity (Wildman–Crippen MR) is 72.7 cm³/mol. The third-order valence-electron chi connectivity index (χ3n) is 2.66. The molecule has 0 aliphatic rings. The lowest BCUT2D eigenvalue weighted by molar-refractivity contribution is 0.394. The Morgan fingerprint density at radius 2 is 1.65 bits per heavy atom. The Balaban J connectivity index is 2.62. The largest absolute Gasteiger partial charge is 0.497 e. The van der Waals surface area contributed by atoms with Gasteiger partial charge in [0, 0.05) is 6.07 Å². The molecule has 0 atom stereocenters. The summed E-state index contributed by atoms with van der Waals surface area (Å²) in [5.74, 6) is 1.66. The zero-order chi connectivity index (χ0) is 12.5. The molecule has 2 heteroatoms. The van der Waals surface area contributed by atoms with E-state index in [2.05, 4.69) is 19.1 Å². The Kier molecular flexibility index (Phi) is 6.23. The standard InChI is InChI=1S/C15H22O2/c1-4-5-6-7-8-9-13-10-14(16-2)12-15(11-13)17-3/h8-12H,4-7H2,1-3H3/b9-8+. The summed E-state index contributed by atoms with van der Waals surface area (Å²) in [7, 11) is 3.34. The molecule has 0 saturated heterocycles. The maximum absolute atomic E-state index is 5.23. The molecule has 0 aliphatic heterocycles. The summed E-state index contributed by atoms with van der Waals surface area (Å²) in [4.78, 5) is 0. The monoisotopic (exact) mass is 234 g/mol. The fourth-order valence-electron chi connectivity index (χ4n) is 1.66. The minimum Gasteiger partial charge on any atom is -0.497 e.